The van der Waals surface area contributed by atoms with Gasteiger partial charge < -0.3 is 9.80 Å². The van der Waals surface area contributed by atoms with E-state index in [4.69, 9.17) is 0 Å². The highest BCUT2D eigenvalue weighted by molar-refractivity contribution is 7.98. The Balaban J connectivity index is 1.33. The number of carbonyl (C=O) groups excluding carboxylic acids is 1. The lowest BCUT2D eigenvalue weighted by atomic mass is 10.2. The minimum absolute atomic E-state index is 0.0231. The molecule has 180 valence electrons. The maximum Gasteiger partial charge on any atom is 0.273 e. The van der Waals surface area contributed by atoms with Gasteiger partial charge in [-0.1, -0.05) is 36.4 Å². The Kier molecular flexibility index (Phi) is 7.21. The summed E-state index contributed by atoms with van der Waals surface area (Å²) in [5, 5.41) is 12.5. The van der Waals surface area contributed by atoms with E-state index in [1.807, 2.05) is 27.0 Å². The van der Waals surface area contributed by atoms with Crippen LogP contribution in [-0.4, -0.2) is 73.2 Å². The molecule has 0 bridgehead atoms. The van der Waals surface area contributed by atoms with E-state index in [0.717, 1.165) is 60.0 Å². The third kappa shape index (κ3) is 5.29. The number of thiazole rings is 1. The smallest absolute Gasteiger partial charge is 0.273 e. The topological polar surface area (TPSA) is 80.0 Å². The highest BCUT2D eigenvalue weighted by Gasteiger charge is 2.23. The SMILES string of the molecule is CCN1CCN(C(=O)c2csc(CSc3nnc(-c4cccnc4)n3-c3ccc(C)cc3)n2)CC1. The first-order valence-corrected chi connectivity index (χ1v) is 13.5. The van der Waals surface area contributed by atoms with Crippen molar-refractivity contribution in [1.29, 1.82) is 0 Å². The molecule has 0 saturated carbocycles. The molecule has 0 N–H and O–H groups in total. The molecule has 1 amide bonds. The molecule has 1 aromatic carbocycles. The van der Waals surface area contributed by atoms with Gasteiger partial charge in [-0.3, -0.25) is 14.3 Å². The van der Waals surface area contributed by atoms with Crippen molar-refractivity contribution in [3.63, 3.8) is 0 Å². The molecule has 10 heteroatoms. The van der Waals surface area contributed by atoms with Crippen LogP contribution in [0.3, 0.4) is 0 Å². The van der Waals surface area contributed by atoms with Crippen LogP contribution in [0.15, 0.2) is 59.3 Å². The molecule has 1 aliphatic rings. The fourth-order valence-electron chi connectivity index (χ4n) is 4.00. The summed E-state index contributed by atoms with van der Waals surface area (Å²) in [6, 6.07) is 12.2. The van der Waals surface area contributed by atoms with E-state index < -0.39 is 0 Å². The maximum absolute atomic E-state index is 12.9. The van der Waals surface area contributed by atoms with Crippen molar-refractivity contribution in [3.8, 4) is 17.1 Å². The number of piperazine rings is 1. The number of pyridine rings is 1. The molecule has 35 heavy (non-hydrogen) atoms. The Morgan fingerprint density at radius 1 is 1.09 bits per heavy atom. The number of hydrogen-bond acceptors (Lipinski definition) is 8. The van der Waals surface area contributed by atoms with Crippen LogP contribution in [-0.2, 0) is 5.75 Å². The molecular weight excluding hydrogens is 478 g/mol. The summed E-state index contributed by atoms with van der Waals surface area (Å²) < 4.78 is 2.05. The van der Waals surface area contributed by atoms with Gasteiger partial charge in [-0.05, 0) is 37.7 Å². The summed E-state index contributed by atoms with van der Waals surface area (Å²) in [6.07, 6.45) is 3.54. The van der Waals surface area contributed by atoms with E-state index in [9.17, 15) is 4.79 Å². The number of benzene rings is 1. The monoisotopic (exact) mass is 505 g/mol. The van der Waals surface area contributed by atoms with Crippen molar-refractivity contribution in [2.75, 3.05) is 32.7 Å². The minimum atomic E-state index is 0.0231. The van der Waals surface area contributed by atoms with Gasteiger partial charge in [0.25, 0.3) is 5.91 Å². The van der Waals surface area contributed by atoms with E-state index in [2.05, 4.69) is 63.2 Å². The van der Waals surface area contributed by atoms with Gasteiger partial charge in [-0.15, -0.1) is 21.5 Å². The Bertz CT molecular complexity index is 1280. The second-order valence-electron chi connectivity index (χ2n) is 8.36. The zero-order valence-corrected chi connectivity index (χ0v) is 21.4. The minimum Gasteiger partial charge on any atom is -0.335 e. The second-order valence-corrected chi connectivity index (χ2v) is 10.2. The van der Waals surface area contributed by atoms with Crippen LogP contribution in [0.4, 0.5) is 0 Å². The molecule has 1 saturated heterocycles. The van der Waals surface area contributed by atoms with Gasteiger partial charge in [0.2, 0.25) is 0 Å². The third-order valence-electron chi connectivity index (χ3n) is 6.05. The van der Waals surface area contributed by atoms with Crippen LogP contribution < -0.4 is 0 Å². The maximum atomic E-state index is 12.9. The van der Waals surface area contributed by atoms with Crippen molar-refractivity contribution in [2.45, 2.75) is 24.8 Å². The number of hydrogen-bond donors (Lipinski definition) is 0. The summed E-state index contributed by atoms with van der Waals surface area (Å²) in [4.78, 5) is 26.1. The van der Waals surface area contributed by atoms with Crippen LogP contribution in [0, 0.1) is 6.92 Å². The van der Waals surface area contributed by atoms with E-state index in [1.54, 1.807) is 24.2 Å². The molecule has 0 atom stereocenters. The normalized spacial score (nSPS) is 14.4. The highest BCUT2D eigenvalue weighted by atomic mass is 32.2. The van der Waals surface area contributed by atoms with Crippen molar-refractivity contribution < 1.29 is 4.79 Å². The summed E-state index contributed by atoms with van der Waals surface area (Å²) in [5.41, 5.74) is 3.61. The van der Waals surface area contributed by atoms with E-state index in [-0.39, 0.29) is 5.91 Å². The number of carbonyl (C=O) groups is 1. The summed E-state index contributed by atoms with van der Waals surface area (Å²) >= 11 is 3.08. The van der Waals surface area contributed by atoms with Gasteiger partial charge in [0.05, 0.1) is 5.75 Å². The first-order chi connectivity index (χ1) is 17.1. The zero-order valence-electron chi connectivity index (χ0n) is 19.8. The molecule has 3 aromatic heterocycles. The lowest BCUT2D eigenvalue weighted by Crippen LogP contribution is -2.48. The number of nitrogens with zero attached hydrogens (tertiary/aromatic N) is 7. The zero-order chi connectivity index (χ0) is 24.2. The first kappa shape index (κ1) is 23.7. The number of aryl methyl sites for hydroxylation is 1. The molecule has 5 rings (SSSR count). The number of likely N-dealkylation sites (N-methyl/N-ethyl adjacent to an activating group) is 1. The van der Waals surface area contributed by atoms with Gasteiger partial charge in [0.1, 0.15) is 10.7 Å². The number of thioether (sulfide) groups is 1. The van der Waals surface area contributed by atoms with Crippen LogP contribution in [0.5, 0.6) is 0 Å². The molecule has 1 fully saturated rings. The molecule has 8 nitrogen and oxygen atoms in total. The quantitative estimate of drug-likeness (QED) is 0.349. The van der Waals surface area contributed by atoms with E-state index in [0.29, 0.717) is 11.4 Å². The first-order valence-electron chi connectivity index (χ1n) is 11.6. The average molecular weight is 506 g/mol. The van der Waals surface area contributed by atoms with Gasteiger partial charge in [0, 0.05) is 55.2 Å². The van der Waals surface area contributed by atoms with Gasteiger partial charge in [-0.2, -0.15) is 0 Å². The Labute approximate surface area is 213 Å². The number of amides is 1. The Morgan fingerprint density at radius 2 is 1.89 bits per heavy atom. The Hall–Kier alpha value is -3.08. The molecule has 1 aliphatic heterocycles. The third-order valence-corrected chi connectivity index (χ3v) is 8.02. The van der Waals surface area contributed by atoms with Crippen molar-refractivity contribution in [2.24, 2.45) is 0 Å². The van der Waals surface area contributed by atoms with Crippen molar-refractivity contribution in [1.82, 2.24) is 34.5 Å². The molecule has 4 heterocycles. The number of rotatable bonds is 7. The van der Waals surface area contributed by atoms with Crippen molar-refractivity contribution >= 4 is 29.0 Å². The van der Waals surface area contributed by atoms with Crippen LogP contribution in [0.1, 0.15) is 28.0 Å². The Morgan fingerprint density at radius 3 is 2.60 bits per heavy atom. The van der Waals surface area contributed by atoms with Crippen LogP contribution in [0.2, 0.25) is 0 Å². The second kappa shape index (κ2) is 10.7. The standard InChI is InChI=1S/C25H27N7OS2/c1-3-30-11-13-31(14-12-30)24(33)21-16-34-22(27-21)17-35-25-29-28-23(19-5-4-10-26-15-19)32(25)20-8-6-18(2)7-9-20/h4-10,15-16H,3,11-14,17H2,1-2H3. The molecule has 0 unspecified atom stereocenters. The predicted molar refractivity (Wildman–Crippen MR) is 139 cm³/mol. The lowest BCUT2D eigenvalue weighted by Gasteiger charge is -2.33. The van der Waals surface area contributed by atoms with Crippen LogP contribution in [0.25, 0.3) is 17.1 Å². The average Bonchev–Trinajstić information content (AvgIpc) is 3.55. The summed E-state index contributed by atoms with van der Waals surface area (Å²) in [6.45, 7) is 8.60. The molecule has 0 spiro atoms. The van der Waals surface area contributed by atoms with Crippen LogP contribution >= 0.6 is 23.1 Å². The molecule has 4 aromatic rings. The van der Waals surface area contributed by atoms with E-state index in [1.165, 1.54) is 16.9 Å². The molecule has 0 radical (unpaired) electrons. The fraction of sp³-hybridized carbons (Fsp3) is 0.320. The fourth-order valence-corrected chi connectivity index (χ4v) is 5.74. The predicted octanol–water partition coefficient (Wildman–Crippen LogP) is 4.16. The van der Waals surface area contributed by atoms with Crippen molar-refractivity contribution in [3.05, 3.63) is 70.4 Å². The van der Waals surface area contributed by atoms with Gasteiger partial charge in [-0.25, -0.2) is 4.98 Å². The number of aromatic nitrogens is 5. The highest BCUT2D eigenvalue weighted by Crippen LogP contribution is 2.30. The van der Waals surface area contributed by atoms with Gasteiger partial charge >= 0.3 is 0 Å². The molecular formula is C25H27N7OS2. The largest absolute Gasteiger partial charge is 0.335 e. The summed E-state index contributed by atoms with van der Waals surface area (Å²) in [5.74, 6) is 1.37. The summed E-state index contributed by atoms with van der Waals surface area (Å²) in [7, 11) is 0. The molecule has 0 aliphatic carbocycles. The lowest BCUT2D eigenvalue weighted by molar-refractivity contribution is 0.0638. The van der Waals surface area contributed by atoms with E-state index >= 15 is 0 Å². The van der Waals surface area contributed by atoms with Gasteiger partial charge in [0.15, 0.2) is 11.0 Å².